The number of carbonyl (C=O) groups is 1. The summed E-state index contributed by atoms with van der Waals surface area (Å²) in [4.78, 5) is 21.4. The lowest BCUT2D eigenvalue weighted by Gasteiger charge is -2.39. The van der Waals surface area contributed by atoms with Crippen molar-refractivity contribution in [2.24, 2.45) is 12.5 Å². The normalized spacial score (nSPS) is 23.1. The third-order valence-corrected chi connectivity index (χ3v) is 6.03. The van der Waals surface area contributed by atoms with Crippen LogP contribution in [0.3, 0.4) is 0 Å². The topological polar surface area (TPSA) is 80.3 Å². The highest BCUT2D eigenvalue weighted by atomic mass is 16.5. The molecule has 0 aromatic carbocycles. The maximum Gasteiger partial charge on any atom is 0.274 e. The van der Waals surface area contributed by atoms with Crippen LogP contribution in [0.4, 0.5) is 0 Å². The molecule has 2 aliphatic rings. The number of aryl methyl sites for hydroxylation is 3. The maximum atomic E-state index is 12.7. The first-order chi connectivity index (χ1) is 12.4. The van der Waals surface area contributed by atoms with Gasteiger partial charge < -0.3 is 9.42 Å². The van der Waals surface area contributed by atoms with Crippen LogP contribution in [0.1, 0.15) is 53.2 Å². The number of nitrogens with zero attached hydrogens (tertiary/aromatic N) is 6. The zero-order valence-electron chi connectivity index (χ0n) is 15.9. The van der Waals surface area contributed by atoms with Crippen LogP contribution in [-0.4, -0.2) is 62.3 Å². The molecule has 8 nitrogen and oxygen atoms in total. The molecule has 4 heterocycles. The highest BCUT2D eigenvalue weighted by Crippen LogP contribution is 2.47. The van der Waals surface area contributed by atoms with Crippen LogP contribution in [0, 0.1) is 19.3 Å². The molecule has 2 aliphatic heterocycles. The highest BCUT2D eigenvalue weighted by molar-refractivity contribution is 5.92. The summed E-state index contributed by atoms with van der Waals surface area (Å²) >= 11 is 0. The van der Waals surface area contributed by atoms with Crippen molar-refractivity contribution in [2.75, 3.05) is 26.7 Å². The van der Waals surface area contributed by atoms with E-state index >= 15 is 0 Å². The molecule has 26 heavy (non-hydrogen) atoms. The summed E-state index contributed by atoms with van der Waals surface area (Å²) < 4.78 is 6.91. The Morgan fingerprint density at radius 2 is 2.00 bits per heavy atom. The lowest BCUT2D eigenvalue weighted by atomic mass is 9.76. The number of hydrogen-bond donors (Lipinski definition) is 0. The van der Waals surface area contributed by atoms with Crippen molar-refractivity contribution in [3.63, 3.8) is 0 Å². The Hall–Kier alpha value is -2.22. The monoisotopic (exact) mass is 358 g/mol. The van der Waals surface area contributed by atoms with E-state index in [0.717, 1.165) is 50.4 Å². The fourth-order valence-corrected chi connectivity index (χ4v) is 4.38. The van der Waals surface area contributed by atoms with E-state index in [1.54, 1.807) is 4.68 Å². The van der Waals surface area contributed by atoms with E-state index < -0.39 is 0 Å². The van der Waals surface area contributed by atoms with Crippen LogP contribution in [0.5, 0.6) is 0 Å². The Morgan fingerprint density at radius 3 is 2.58 bits per heavy atom. The zero-order chi connectivity index (χ0) is 18.5. The van der Waals surface area contributed by atoms with E-state index in [1.807, 2.05) is 31.9 Å². The van der Waals surface area contributed by atoms with E-state index in [1.165, 1.54) is 0 Å². The van der Waals surface area contributed by atoms with Crippen LogP contribution in [-0.2, 0) is 7.05 Å². The van der Waals surface area contributed by atoms with Crippen molar-refractivity contribution in [3.05, 3.63) is 29.2 Å². The number of amides is 1. The molecule has 2 aromatic rings. The van der Waals surface area contributed by atoms with Gasteiger partial charge in [0, 0.05) is 39.3 Å². The summed E-state index contributed by atoms with van der Waals surface area (Å²) in [6.07, 6.45) is 3.03. The summed E-state index contributed by atoms with van der Waals surface area (Å²) in [5.41, 5.74) is 1.77. The summed E-state index contributed by atoms with van der Waals surface area (Å²) in [5.74, 6) is 1.44. The number of aromatic nitrogens is 4. The van der Waals surface area contributed by atoms with Crippen LogP contribution < -0.4 is 0 Å². The van der Waals surface area contributed by atoms with Crippen LogP contribution >= 0.6 is 0 Å². The van der Waals surface area contributed by atoms with Gasteiger partial charge in [0.1, 0.15) is 0 Å². The average molecular weight is 358 g/mol. The molecule has 1 amide bonds. The molecule has 8 heteroatoms. The largest absolute Gasteiger partial charge is 0.340 e. The number of hydrogen-bond acceptors (Lipinski definition) is 6. The van der Waals surface area contributed by atoms with E-state index in [2.05, 4.69) is 27.2 Å². The van der Waals surface area contributed by atoms with Crippen LogP contribution in [0.25, 0.3) is 0 Å². The van der Waals surface area contributed by atoms with Gasteiger partial charge in [-0.1, -0.05) is 5.16 Å². The molecule has 0 bridgehead atoms. The van der Waals surface area contributed by atoms with E-state index in [4.69, 9.17) is 4.52 Å². The molecule has 0 saturated carbocycles. The second-order valence-electron chi connectivity index (χ2n) is 7.89. The molecule has 2 saturated heterocycles. The predicted molar refractivity (Wildman–Crippen MR) is 94.5 cm³/mol. The molecular formula is C18H26N6O2. The number of likely N-dealkylation sites (tertiary alicyclic amines) is 2. The smallest absolute Gasteiger partial charge is 0.274 e. The van der Waals surface area contributed by atoms with Crippen molar-refractivity contribution in [2.45, 2.75) is 39.2 Å². The van der Waals surface area contributed by atoms with Crippen molar-refractivity contribution in [1.29, 1.82) is 0 Å². The van der Waals surface area contributed by atoms with Gasteiger partial charge >= 0.3 is 0 Å². The average Bonchev–Trinajstić information content (AvgIpc) is 3.27. The summed E-state index contributed by atoms with van der Waals surface area (Å²) in [5, 5.41) is 8.45. The third-order valence-electron chi connectivity index (χ3n) is 6.03. The summed E-state index contributed by atoms with van der Waals surface area (Å²) in [7, 11) is 3.99. The lowest BCUT2D eigenvalue weighted by Crippen LogP contribution is -2.44. The molecule has 0 aliphatic carbocycles. The van der Waals surface area contributed by atoms with E-state index in [9.17, 15) is 4.79 Å². The Kier molecular flexibility index (Phi) is 4.10. The number of carbonyl (C=O) groups excluding carboxylic acids is 1. The Labute approximate surface area is 153 Å². The van der Waals surface area contributed by atoms with E-state index in [0.29, 0.717) is 11.6 Å². The van der Waals surface area contributed by atoms with Gasteiger partial charge in [0.15, 0.2) is 11.5 Å². The van der Waals surface area contributed by atoms with Gasteiger partial charge in [-0.15, -0.1) is 0 Å². The summed E-state index contributed by atoms with van der Waals surface area (Å²) in [6, 6.07) is 2.07. The van der Waals surface area contributed by atoms with Crippen LogP contribution in [0.2, 0.25) is 0 Å². The first-order valence-electron chi connectivity index (χ1n) is 9.17. The maximum absolute atomic E-state index is 12.7. The minimum Gasteiger partial charge on any atom is -0.340 e. The fourth-order valence-electron chi connectivity index (χ4n) is 4.38. The van der Waals surface area contributed by atoms with Gasteiger partial charge in [-0.3, -0.25) is 14.4 Å². The molecule has 1 atom stereocenters. The van der Waals surface area contributed by atoms with Crippen molar-refractivity contribution in [1.82, 2.24) is 29.7 Å². The first-order valence-corrected chi connectivity index (χ1v) is 9.17. The van der Waals surface area contributed by atoms with E-state index in [-0.39, 0.29) is 17.4 Å². The van der Waals surface area contributed by atoms with Gasteiger partial charge in [-0.05, 0) is 44.7 Å². The van der Waals surface area contributed by atoms with Gasteiger partial charge in [0.05, 0.1) is 6.04 Å². The molecule has 2 fully saturated rings. The van der Waals surface area contributed by atoms with Gasteiger partial charge in [-0.2, -0.15) is 10.1 Å². The van der Waals surface area contributed by atoms with Crippen LogP contribution in [0.15, 0.2) is 10.6 Å². The number of piperidine rings is 1. The fraction of sp³-hybridized carbons (Fsp3) is 0.667. The summed E-state index contributed by atoms with van der Waals surface area (Å²) in [6.45, 7) is 6.35. The minimum absolute atomic E-state index is 0.0419. The second kappa shape index (κ2) is 6.19. The Bertz CT molecular complexity index is 798. The quantitative estimate of drug-likeness (QED) is 0.813. The lowest BCUT2D eigenvalue weighted by molar-refractivity contribution is 0.0587. The van der Waals surface area contributed by atoms with Gasteiger partial charge in [-0.25, -0.2) is 0 Å². The predicted octanol–water partition coefficient (Wildman–Crippen LogP) is 1.72. The molecule has 0 radical (unpaired) electrons. The Morgan fingerprint density at radius 1 is 1.27 bits per heavy atom. The van der Waals surface area contributed by atoms with Crippen molar-refractivity contribution < 1.29 is 9.32 Å². The molecule has 2 aromatic heterocycles. The molecule has 0 N–H and O–H groups in total. The van der Waals surface area contributed by atoms with Crippen molar-refractivity contribution in [3.8, 4) is 0 Å². The Balaban J connectivity index is 1.42. The van der Waals surface area contributed by atoms with Gasteiger partial charge in [0.25, 0.3) is 5.91 Å². The first kappa shape index (κ1) is 17.2. The standard InChI is InChI=1S/C18H26N6O2/c1-12-9-14(20-23(12)4)17(25)24-7-5-18(6-8-24)10-15(22(3)11-18)16-19-13(2)26-21-16/h9,15H,5-8,10-11H2,1-4H3. The molecule has 1 unspecified atom stereocenters. The molecule has 140 valence electrons. The number of rotatable bonds is 2. The molecular weight excluding hydrogens is 332 g/mol. The minimum atomic E-state index is 0.0419. The highest BCUT2D eigenvalue weighted by Gasteiger charge is 2.46. The molecule has 4 rings (SSSR count). The zero-order valence-corrected chi connectivity index (χ0v) is 15.9. The SMILES string of the molecule is Cc1nc(C2CC3(CCN(C(=O)c4cc(C)n(C)n4)CC3)CN2C)no1. The third kappa shape index (κ3) is 2.92. The second-order valence-corrected chi connectivity index (χ2v) is 7.89. The van der Waals surface area contributed by atoms with Gasteiger partial charge in [0.2, 0.25) is 5.89 Å². The van der Waals surface area contributed by atoms with Crippen molar-refractivity contribution >= 4 is 5.91 Å². The molecule has 1 spiro atoms.